The van der Waals surface area contributed by atoms with Gasteiger partial charge in [-0.1, -0.05) is 0 Å². The molecule has 0 atom stereocenters. The van der Waals surface area contributed by atoms with Crippen molar-refractivity contribution in [3.05, 3.63) is 36.0 Å². The quantitative estimate of drug-likeness (QED) is 0.893. The van der Waals surface area contributed by atoms with Crippen molar-refractivity contribution >= 4 is 11.7 Å². The number of amides is 1. The maximum Gasteiger partial charge on any atom is 0.251 e. The van der Waals surface area contributed by atoms with Crippen LogP contribution in [0.4, 0.5) is 5.82 Å². The Bertz CT molecular complexity index is 686. The summed E-state index contributed by atoms with van der Waals surface area (Å²) in [6.07, 6.45) is 7.47. The molecule has 7 heteroatoms. The first-order valence-corrected chi connectivity index (χ1v) is 7.12. The highest BCUT2D eigenvalue weighted by Crippen LogP contribution is 2.38. The number of carbonyl (C=O) groups excluding carboxylic acids is 1. The Kier molecular flexibility index (Phi) is 2.66. The maximum atomic E-state index is 11.1. The van der Waals surface area contributed by atoms with Crippen molar-refractivity contribution < 1.29 is 4.79 Å². The summed E-state index contributed by atoms with van der Waals surface area (Å²) in [4.78, 5) is 22.2. The van der Waals surface area contributed by atoms with Gasteiger partial charge in [0.2, 0.25) is 0 Å². The minimum absolute atomic E-state index is 0.262. The lowest BCUT2D eigenvalue weighted by molar-refractivity contribution is 0.1000. The molecule has 1 saturated heterocycles. The van der Waals surface area contributed by atoms with Crippen LogP contribution >= 0.6 is 0 Å². The highest BCUT2D eigenvalue weighted by Gasteiger charge is 2.32. The fourth-order valence-electron chi connectivity index (χ4n) is 2.55. The standard InChI is InChI=1S/C14H16N6O/c15-13(21)10-5-17-20(6-10)11-7-19(8-11)12-3-4-16-14(18-12)9-1-2-9/h3-6,9,11H,1-2,7-8H2,(H2,15,21). The van der Waals surface area contributed by atoms with Crippen LogP contribution in [-0.2, 0) is 0 Å². The number of hydrogen-bond donors (Lipinski definition) is 1. The monoisotopic (exact) mass is 284 g/mol. The van der Waals surface area contributed by atoms with Crippen molar-refractivity contribution in [1.29, 1.82) is 0 Å². The minimum Gasteiger partial charge on any atom is -0.366 e. The normalized spacial score (nSPS) is 18.6. The molecule has 7 nitrogen and oxygen atoms in total. The molecule has 0 bridgehead atoms. The first-order valence-electron chi connectivity index (χ1n) is 7.12. The molecule has 21 heavy (non-hydrogen) atoms. The van der Waals surface area contributed by atoms with Crippen LogP contribution in [0.2, 0.25) is 0 Å². The Morgan fingerprint density at radius 1 is 1.33 bits per heavy atom. The Labute approximate surface area is 121 Å². The molecule has 2 aromatic rings. The van der Waals surface area contributed by atoms with Crippen LogP contribution in [0, 0.1) is 0 Å². The fourth-order valence-corrected chi connectivity index (χ4v) is 2.55. The van der Waals surface area contributed by atoms with Gasteiger partial charge in [0.1, 0.15) is 11.6 Å². The van der Waals surface area contributed by atoms with E-state index in [1.54, 1.807) is 10.9 Å². The average Bonchev–Trinajstić information content (AvgIpc) is 3.16. The van der Waals surface area contributed by atoms with Crippen LogP contribution in [0.5, 0.6) is 0 Å². The summed E-state index contributed by atoms with van der Waals surface area (Å²) in [5.41, 5.74) is 5.69. The largest absolute Gasteiger partial charge is 0.366 e. The van der Waals surface area contributed by atoms with E-state index in [1.165, 1.54) is 19.0 Å². The molecule has 4 rings (SSSR count). The van der Waals surface area contributed by atoms with Gasteiger partial charge in [0, 0.05) is 31.4 Å². The van der Waals surface area contributed by atoms with Gasteiger partial charge in [-0.2, -0.15) is 5.10 Å². The van der Waals surface area contributed by atoms with Gasteiger partial charge in [0.15, 0.2) is 0 Å². The summed E-state index contributed by atoms with van der Waals surface area (Å²) in [6, 6.07) is 2.21. The van der Waals surface area contributed by atoms with Gasteiger partial charge in [-0.3, -0.25) is 9.48 Å². The molecule has 2 fully saturated rings. The summed E-state index contributed by atoms with van der Waals surface area (Å²) in [5.74, 6) is 2.06. The van der Waals surface area contributed by atoms with Crippen molar-refractivity contribution in [2.45, 2.75) is 24.8 Å². The Hall–Kier alpha value is -2.44. The molecule has 1 aliphatic carbocycles. The summed E-state index contributed by atoms with van der Waals surface area (Å²) in [6.45, 7) is 1.67. The average molecular weight is 284 g/mol. The molecule has 0 unspecified atom stereocenters. The molecule has 0 radical (unpaired) electrons. The molecule has 1 aliphatic heterocycles. The second kappa shape index (κ2) is 4.54. The third-order valence-corrected chi connectivity index (χ3v) is 4.05. The minimum atomic E-state index is -0.442. The molecule has 108 valence electrons. The van der Waals surface area contributed by atoms with Gasteiger partial charge in [-0.15, -0.1) is 0 Å². The molecule has 0 spiro atoms. The molecule has 0 aromatic carbocycles. The molecule has 1 amide bonds. The fraction of sp³-hybridized carbons (Fsp3) is 0.429. The lowest BCUT2D eigenvalue weighted by Crippen LogP contribution is -2.48. The van der Waals surface area contributed by atoms with E-state index in [0.29, 0.717) is 11.5 Å². The van der Waals surface area contributed by atoms with Gasteiger partial charge in [0.25, 0.3) is 5.91 Å². The number of aromatic nitrogens is 4. The third kappa shape index (κ3) is 2.24. The van der Waals surface area contributed by atoms with E-state index in [2.05, 4.69) is 20.0 Å². The number of nitrogens with zero attached hydrogens (tertiary/aromatic N) is 5. The van der Waals surface area contributed by atoms with E-state index in [9.17, 15) is 4.79 Å². The summed E-state index contributed by atoms with van der Waals surface area (Å²) >= 11 is 0. The van der Waals surface area contributed by atoms with Gasteiger partial charge < -0.3 is 10.6 Å². The number of rotatable bonds is 4. The number of hydrogen-bond acceptors (Lipinski definition) is 5. The zero-order chi connectivity index (χ0) is 14.4. The Balaban J connectivity index is 1.44. The zero-order valence-corrected chi connectivity index (χ0v) is 11.5. The van der Waals surface area contributed by atoms with Crippen molar-refractivity contribution in [2.24, 2.45) is 5.73 Å². The van der Waals surface area contributed by atoms with Gasteiger partial charge in [0.05, 0.1) is 17.8 Å². The second-order valence-corrected chi connectivity index (χ2v) is 5.68. The Morgan fingerprint density at radius 2 is 2.14 bits per heavy atom. The number of nitrogens with two attached hydrogens (primary N) is 1. The van der Waals surface area contributed by atoms with Crippen LogP contribution < -0.4 is 10.6 Å². The van der Waals surface area contributed by atoms with Crippen LogP contribution in [-0.4, -0.2) is 38.7 Å². The molecular weight excluding hydrogens is 268 g/mol. The summed E-state index contributed by atoms with van der Waals surface area (Å²) in [7, 11) is 0. The van der Waals surface area contributed by atoms with E-state index < -0.39 is 5.91 Å². The van der Waals surface area contributed by atoms with Gasteiger partial charge >= 0.3 is 0 Å². The van der Waals surface area contributed by atoms with Crippen LogP contribution in [0.3, 0.4) is 0 Å². The topological polar surface area (TPSA) is 89.9 Å². The highest BCUT2D eigenvalue weighted by atomic mass is 16.1. The van der Waals surface area contributed by atoms with Crippen LogP contribution in [0.25, 0.3) is 0 Å². The van der Waals surface area contributed by atoms with E-state index in [-0.39, 0.29) is 6.04 Å². The molecule has 2 aromatic heterocycles. The van der Waals surface area contributed by atoms with Gasteiger partial charge in [-0.05, 0) is 18.9 Å². The third-order valence-electron chi connectivity index (χ3n) is 4.05. The van der Waals surface area contributed by atoms with E-state index in [0.717, 1.165) is 24.7 Å². The number of anilines is 1. The first-order chi connectivity index (χ1) is 10.2. The molecule has 2 N–H and O–H groups in total. The summed E-state index contributed by atoms with van der Waals surface area (Å²) in [5, 5.41) is 4.20. The number of carbonyl (C=O) groups is 1. The van der Waals surface area contributed by atoms with E-state index >= 15 is 0 Å². The predicted molar refractivity (Wildman–Crippen MR) is 76.0 cm³/mol. The SMILES string of the molecule is NC(=O)c1cnn(C2CN(c3ccnc(C4CC4)n3)C2)c1. The van der Waals surface area contributed by atoms with Crippen molar-refractivity contribution in [2.75, 3.05) is 18.0 Å². The molecule has 3 heterocycles. The first kappa shape index (κ1) is 12.3. The van der Waals surface area contributed by atoms with Crippen LogP contribution in [0.1, 0.15) is 41.0 Å². The van der Waals surface area contributed by atoms with E-state index in [1.807, 2.05) is 12.3 Å². The van der Waals surface area contributed by atoms with Crippen molar-refractivity contribution in [1.82, 2.24) is 19.7 Å². The lowest BCUT2D eigenvalue weighted by atomic mass is 10.1. The number of primary amides is 1. The molecule has 2 aliphatic rings. The van der Waals surface area contributed by atoms with Crippen LogP contribution in [0.15, 0.2) is 24.7 Å². The van der Waals surface area contributed by atoms with Crippen molar-refractivity contribution in [3.8, 4) is 0 Å². The Morgan fingerprint density at radius 3 is 2.81 bits per heavy atom. The van der Waals surface area contributed by atoms with Gasteiger partial charge in [-0.25, -0.2) is 9.97 Å². The maximum absolute atomic E-state index is 11.1. The predicted octanol–water partition coefficient (Wildman–Crippen LogP) is 0.711. The molecular formula is C14H16N6O. The summed E-state index contributed by atoms with van der Waals surface area (Å²) < 4.78 is 1.81. The highest BCUT2D eigenvalue weighted by molar-refractivity contribution is 5.92. The zero-order valence-electron chi connectivity index (χ0n) is 11.5. The van der Waals surface area contributed by atoms with E-state index in [4.69, 9.17) is 5.73 Å². The molecule has 1 saturated carbocycles. The lowest BCUT2D eigenvalue weighted by Gasteiger charge is -2.40. The van der Waals surface area contributed by atoms with Crippen molar-refractivity contribution in [3.63, 3.8) is 0 Å². The smallest absolute Gasteiger partial charge is 0.251 e. The second-order valence-electron chi connectivity index (χ2n) is 5.68.